The number of nitrogens with zero attached hydrogens (tertiary/aromatic N) is 4. The number of methoxy groups -OCH3 is 1. The van der Waals surface area contributed by atoms with Gasteiger partial charge in [0.2, 0.25) is 5.91 Å². The molecule has 26 heavy (non-hydrogen) atoms. The van der Waals surface area contributed by atoms with Crippen LogP contribution in [0.3, 0.4) is 0 Å². The lowest BCUT2D eigenvalue weighted by Gasteiger charge is -2.31. The predicted octanol–water partition coefficient (Wildman–Crippen LogP) is 1.89. The number of ether oxygens (including phenoxy) is 1. The molecule has 1 aliphatic heterocycles. The highest BCUT2D eigenvalue weighted by molar-refractivity contribution is 5.79. The predicted molar refractivity (Wildman–Crippen MR) is 96.5 cm³/mol. The molecule has 0 bridgehead atoms. The molecule has 1 aromatic carbocycles. The molecule has 0 spiro atoms. The van der Waals surface area contributed by atoms with E-state index in [0.29, 0.717) is 12.2 Å². The number of hydrogen-bond acceptors (Lipinski definition) is 6. The fraction of sp³-hybridized carbons (Fsp3) is 0.368. The molecule has 1 fully saturated rings. The van der Waals surface area contributed by atoms with Crippen molar-refractivity contribution in [1.29, 1.82) is 5.26 Å². The number of amides is 1. The van der Waals surface area contributed by atoms with Gasteiger partial charge in [-0.1, -0.05) is 12.1 Å². The first kappa shape index (κ1) is 17.7. The van der Waals surface area contributed by atoms with E-state index >= 15 is 0 Å². The molecule has 0 unspecified atom stereocenters. The number of anilines is 1. The SMILES string of the molecule is COc1ccc(CNC(=O)C2CCN(c3cnc(C#N)cn3)CC2)cc1. The van der Waals surface area contributed by atoms with E-state index in [2.05, 4.69) is 20.2 Å². The van der Waals surface area contributed by atoms with Crippen molar-refractivity contribution in [2.45, 2.75) is 19.4 Å². The second-order valence-corrected chi connectivity index (χ2v) is 6.20. The maximum absolute atomic E-state index is 12.4. The Labute approximate surface area is 152 Å². The third kappa shape index (κ3) is 4.28. The topological polar surface area (TPSA) is 91.1 Å². The van der Waals surface area contributed by atoms with Crippen LogP contribution in [0.1, 0.15) is 24.1 Å². The smallest absolute Gasteiger partial charge is 0.223 e. The van der Waals surface area contributed by atoms with Crippen molar-refractivity contribution in [2.75, 3.05) is 25.1 Å². The van der Waals surface area contributed by atoms with E-state index < -0.39 is 0 Å². The van der Waals surface area contributed by atoms with Crippen molar-refractivity contribution in [1.82, 2.24) is 15.3 Å². The summed E-state index contributed by atoms with van der Waals surface area (Å²) in [5.74, 6) is 1.65. The number of hydrogen-bond donors (Lipinski definition) is 1. The first-order chi connectivity index (χ1) is 12.7. The van der Waals surface area contributed by atoms with E-state index in [9.17, 15) is 4.79 Å². The molecule has 1 aliphatic rings. The van der Waals surface area contributed by atoms with Crippen molar-refractivity contribution < 1.29 is 9.53 Å². The highest BCUT2D eigenvalue weighted by Crippen LogP contribution is 2.21. The Morgan fingerprint density at radius 2 is 2.00 bits per heavy atom. The van der Waals surface area contributed by atoms with Crippen molar-refractivity contribution in [3.8, 4) is 11.8 Å². The van der Waals surface area contributed by atoms with Crippen LogP contribution in [0.5, 0.6) is 5.75 Å². The molecule has 2 heterocycles. The van der Waals surface area contributed by atoms with Crippen molar-refractivity contribution >= 4 is 11.7 Å². The Morgan fingerprint density at radius 1 is 1.27 bits per heavy atom. The number of benzene rings is 1. The molecule has 1 amide bonds. The Bertz CT molecular complexity index is 775. The second kappa shape index (κ2) is 8.30. The molecule has 2 aromatic rings. The van der Waals surface area contributed by atoms with Crippen LogP contribution in [-0.4, -0.2) is 36.1 Å². The quantitative estimate of drug-likeness (QED) is 0.884. The molecule has 7 nitrogen and oxygen atoms in total. The van der Waals surface area contributed by atoms with Crippen LogP contribution in [0, 0.1) is 17.2 Å². The van der Waals surface area contributed by atoms with Gasteiger partial charge in [0.05, 0.1) is 19.5 Å². The fourth-order valence-electron chi connectivity index (χ4n) is 2.99. The molecule has 1 N–H and O–H groups in total. The van der Waals surface area contributed by atoms with Crippen LogP contribution < -0.4 is 15.0 Å². The van der Waals surface area contributed by atoms with Crippen molar-refractivity contribution in [3.05, 3.63) is 47.9 Å². The number of nitrogens with one attached hydrogen (secondary N) is 1. The summed E-state index contributed by atoms with van der Waals surface area (Å²) in [6, 6.07) is 9.64. The van der Waals surface area contributed by atoms with Gasteiger partial charge < -0.3 is 15.0 Å². The summed E-state index contributed by atoms with van der Waals surface area (Å²) in [6.45, 7) is 2.02. The minimum atomic E-state index is 0.0100. The highest BCUT2D eigenvalue weighted by atomic mass is 16.5. The molecule has 0 aliphatic carbocycles. The lowest BCUT2D eigenvalue weighted by atomic mass is 9.96. The van der Waals surface area contributed by atoms with Gasteiger partial charge in [0.1, 0.15) is 17.6 Å². The van der Waals surface area contributed by atoms with E-state index in [1.807, 2.05) is 30.3 Å². The molecular formula is C19H21N5O2. The molecule has 7 heteroatoms. The van der Waals surface area contributed by atoms with Crippen molar-refractivity contribution in [3.63, 3.8) is 0 Å². The Hall–Kier alpha value is -3.14. The zero-order valence-corrected chi connectivity index (χ0v) is 14.7. The van der Waals surface area contributed by atoms with Gasteiger partial charge in [-0.3, -0.25) is 4.79 Å². The molecule has 0 saturated carbocycles. The summed E-state index contributed by atoms with van der Waals surface area (Å²) in [6.07, 6.45) is 4.64. The Kier molecular flexibility index (Phi) is 5.64. The summed E-state index contributed by atoms with van der Waals surface area (Å²) >= 11 is 0. The van der Waals surface area contributed by atoms with Gasteiger partial charge in [0, 0.05) is 25.6 Å². The second-order valence-electron chi connectivity index (χ2n) is 6.20. The van der Waals surface area contributed by atoms with Gasteiger partial charge in [0.25, 0.3) is 0 Å². The lowest BCUT2D eigenvalue weighted by Crippen LogP contribution is -2.40. The summed E-state index contributed by atoms with van der Waals surface area (Å²) < 4.78 is 5.13. The van der Waals surface area contributed by atoms with Crippen LogP contribution in [-0.2, 0) is 11.3 Å². The Balaban J connectivity index is 1.47. The van der Waals surface area contributed by atoms with Crippen LogP contribution in [0.25, 0.3) is 0 Å². The van der Waals surface area contributed by atoms with Gasteiger partial charge in [-0.2, -0.15) is 5.26 Å². The lowest BCUT2D eigenvalue weighted by molar-refractivity contribution is -0.125. The van der Waals surface area contributed by atoms with Crippen LogP contribution >= 0.6 is 0 Å². The molecule has 1 saturated heterocycles. The van der Waals surface area contributed by atoms with E-state index in [1.165, 1.54) is 6.20 Å². The fourth-order valence-corrected chi connectivity index (χ4v) is 2.99. The molecular weight excluding hydrogens is 330 g/mol. The van der Waals surface area contributed by atoms with Gasteiger partial charge in [-0.15, -0.1) is 0 Å². The first-order valence-corrected chi connectivity index (χ1v) is 8.57. The molecule has 0 atom stereocenters. The standard InChI is InChI=1S/C19H21N5O2/c1-26-17-4-2-14(3-5-17)11-23-19(25)15-6-8-24(9-7-15)18-13-21-16(10-20)12-22-18/h2-5,12-13,15H,6-9,11H2,1H3,(H,23,25). The average molecular weight is 351 g/mol. The number of aromatic nitrogens is 2. The molecule has 0 radical (unpaired) electrons. The minimum absolute atomic E-state index is 0.0100. The van der Waals surface area contributed by atoms with Crippen LogP contribution in [0.2, 0.25) is 0 Å². The summed E-state index contributed by atoms with van der Waals surface area (Å²) in [5.41, 5.74) is 1.35. The normalized spacial score (nSPS) is 14.5. The van der Waals surface area contributed by atoms with E-state index in [1.54, 1.807) is 13.3 Å². The van der Waals surface area contributed by atoms with Crippen LogP contribution in [0.4, 0.5) is 5.82 Å². The average Bonchev–Trinajstić information content (AvgIpc) is 2.72. The maximum Gasteiger partial charge on any atom is 0.223 e. The van der Waals surface area contributed by atoms with Gasteiger partial charge in [0.15, 0.2) is 5.69 Å². The third-order valence-electron chi connectivity index (χ3n) is 4.57. The van der Waals surface area contributed by atoms with Gasteiger partial charge in [-0.25, -0.2) is 9.97 Å². The van der Waals surface area contributed by atoms with Gasteiger partial charge in [-0.05, 0) is 30.5 Å². The molecule has 134 valence electrons. The van der Waals surface area contributed by atoms with Gasteiger partial charge >= 0.3 is 0 Å². The number of nitriles is 1. The molecule has 3 rings (SSSR count). The largest absolute Gasteiger partial charge is 0.497 e. The van der Waals surface area contributed by atoms with E-state index in [-0.39, 0.29) is 11.8 Å². The summed E-state index contributed by atoms with van der Waals surface area (Å²) in [5, 5.41) is 11.8. The number of carbonyl (C=O) groups excluding carboxylic acids is 1. The number of rotatable bonds is 5. The maximum atomic E-state index is 12.4. The highest BCUT2D eigenvalue weighted by Gasteiger charge is 2.25. The third-order valence-corrected chi connectivity index (χ3v) is 4.57. The zero-order chi connectivity index (χ0) is 18.4. The Morgan fingerprint density at radius 3 is 2.58 bits per heavy atom. The number of carbonyl (C=O) groups is 1. The van der Waals surface area contributed by atoms with E-state index in [4.69, 9.17) is 10.00 Å². The molecule has 1 aromatic heterocycles. The minimum Gasteiger partial charge on any atom is -0.497 e. The summed E-state index contributed by atoms with van der Waals surface area (Å²) in [4.78, 5) is 22.8. The monoisotopic (exact) mass is 351 g/mol. The zero-order valence-electron chi connectivity index (χ0n) is 14.7. The summed E-state index contributed by atoms with van der Waals surface area (Å²) in [7, 11) is 1.63. The van der Waals surface area contributed by atoms with E-state index in [0.717, 1.165) is 43.1 Å². The van der Waals surface area contributed by atoms with Crippen LogP contribution in [0.15, 0.2) is 36.7 Å². The van der Waals surface area contributed by atoms with Crippen molar-refractivity contribution in [2.24, 2.45) is 5.92 Å². The first-order valence-electron chi connectivity index (χ1n) is 8.57. The number of piperidine rings is 1.